The van der Waals surface area contributed by atoms with E-state index in [0.717, 1.165) is 30.5 Å². The van der Waals surface area contributed by atoms with E-state index in [-0.39, 0.29) is 0 Å². The van der Waals surface area contributed by atoms with Crippen LogP contribution in [0.5, 0.6) is 11.5 Å². The number of ether oxygens (including phenoxy) is 1. The smallest absolute Gasteiger partial charge is 0.119 e. The Labute approximate surface area is 165 Å². The predicted molar refractivity (Wildman–Crippen MR) is 112 cm³/mol. The molecule has 0 amide bonds. The molecule has 0 aromatic heterocycles. The van der Waals surface area contributed by atoms with E-state index in [9.17, 15) is 5.11 Å². The molecule has 3 heteroatoms. The van der Waals surface area contributed by atoms with E-state index >= 15 is 0 Å². The zero-order chi connectivity index (χ0) is 18.2. The molecule has 2 aromatic carbocycles. The minimum atomic E-state index is 0.314. The van der Waals surface area contributed by atoms with Gasteiger partial charge in [-0.15, -0.1) is 0 Å². The van der Waals surface area contributed by atoms with Crippen LogP contribution in [0.2, 0.25) is 0 Å². The minimum absolute atomic E-state index is 0.314. The van der Waals surface area contributed by atoms with Crippen LogP contribution in [0, 0.1) is 0 Å². The van der Waals surface area contributed by atoms with E-state index in [1.807, 2.05) is 12.1 Å². The quantitative estimate of drug-likeness (QED) is 0.402. The molecule has 26 heavy (non-hydrogen) atoms. The highest BCUT2D eigenvalue weighted by molar-refractivity contribution is 9.09. The van der Waals surface area contributed by atoms with Crippen molar-refractivity contribution in [1.82, 2.24) is 0 Å². The first-order valence-corrected chi connectivity index (χ1v) is 10.7. The summed E-state index contributed by atoms with van der Waals surface area (Å²) in [5.74, 6) is 1.25. The van der Waals surface area contributed by atoms with Crippen molar-refractivity contribution in [2.24, 2.45) is 0 Å². The molecular formula is C23H27BrO2. The Bertz CT molecular complexity index is 709. The number of halogens is 1. The lowest BCUT2D eigenvalue weighted by atomic mass is 9.85. The number of phenols is 1. The van der Waals surface area contributed by atoms with Gasteiger partial charge in [0.1, 0.15) is 11.5 Å². The highest BCUT2D eigenvalue weighted by atomic mass is 79.9. The van der Waals surface area contributed by atoms with Gasteiger partial charge in [-0.2, -0.15) is 0 Å². The van der Waals surface area contributed by atoms with E-state index in [1.165, 1.54) is 54.4 Å². The van der Waals surface area contributed by atoms with Crippen molar-refractivity contribution >= 4 is 21.5 Å². The summed E-state index contributed by atoms with van der Waals surface area (Å²) in [7, 11) is 0. The second-order valence-corrected chi connectivity index (χ2v) is 7.65. The zero-order valence-corrected chi connectivity index (χ0v) is 16.8. The van der Waals surface area contributed by atoms with Crippen molar-refractivity contribution < 1.29 is 9.84 Å². The van der Waals surface area contributed by atoms with Crippen LogP contribution in [0.1, 0.15) is 56.1 Å². The Morgan fingerprint density at radius 2 is 1.46 bits per heavy atom. The first-order chi connectivity index (χ1) is 12.8. The monoisotopic (exact) mass is 414 g/mol. The lowest BCUT2D eigenvalue weighted by Gasteiger charge is -2.20. The molecule has 0 unspecified atom stereocenters. The molecule has 1 N–H and O–H groups in total. The molecule has 2 nitrogen and oxygen atoms in total. The Morgan fingerprint density at radius 3 is 2.08 bits per heavy atom. The van der Waals surface area contributed by atoms with Crippen molar-refractivity contribution in [3.63, 3.8) is 0 Å². The minimum Gasteiger partial charge on any atom is -0.508 e. The molecule has 2 aromatic rings. The fourth-order valence-electron chi connectivity index (χ4n) is 3.54. The summed E-state index contributed by atoms with van der Waals surface area (Å²) >= 11 is 3.45. The lowest BCUT2D eigenvalue weighted by Crippen LogP contribution is -2.01. The van der Waals surface area contributed by atoms with E-state index in [2.05, 4.69) is 40.2 Å². The van der Waals surface area contributed by atoms with E-state index in [1.54, 1.807) is 12.1 Å². The molecule has 0 aliphatic heterocycles. The van der Waals surface area contributed by atoms with Gasteiger partial charge < -0.3 is 9.84 Å². The fraction of sp³-hybridized carbons (Fsp3) is 0.391. The third-order valence-electron chi connectivity index (χ3n) is 4.91. The van der Waals surface area contributed by atoms with Gasteiger partial charge in [-0.3, -0.25) is 0 Å². The van der Waals surface area contributed by atoms with Crippen molar-refractivity contribution in [3.05, 3.63) is 65.2 Å². The topological polar surface area (TPSA) is 29.5 Å². The fourth-order valence-corrected chi connectivity index (χ4v) is 3.93. The average molecular weight is 415 g/mol. The van der Waals surface area contributed by atoms with Gasteiger partial charge >= 0.3 is 0 Å². The molecule has 0 radical (unpaired) electrons. The Balaban J connectivity index is 1.84. The number of benzene rings is 2. The molecule has 0 bridgehead atoms. The van der Waals surface area contributed by atoms with Crippen LogP contribution in [0.3, 0.4) is 0 Å². The third-order valence-corrected chi connectivity index (χ3v) is 5.47. The number of hydrogen-bond acceptors (Lipinski definition) is 2. The number of aromatic hydroxyl groups is 1. The maximum atomic E-state index is 9.64. The summed E-state index contributed by atoms with van der Waals surface area (Å²) in [6, 6.07) is 16.1. The number of rotatable bonds is 7. The first-order valence-electron chi connectivity index (χ1n) is 9.58. The standard InChI is InChI=1S/C23H27BrO2/c24-16-4-5-17-26-22-14-10-20(11-15-22)23(18-6-2-1-3-7-18)19-8-12-21(25)13-9-19/h8-15,25H,1-7,16-17H2. The van der Waals surface area contributed by atoms with Gasteiger partial charge in [0, 0.05) is 5.33 Å². The van der Waals surface area contributed by atoms with Crippen LogP contribution in [-0.2, 0) is 0 Å². The van der Waals surface area contributed by atoms with Crippen LogP contribution in [0.25, 0.3) is 5.57 Å². The van der Waals surface area contributed by atoms with Gasteiger partial charge in [-0.05, 0) is 79.5 Å². The zero-order valence-electron chi connectivity index (χ0n) is 15.2. The summed E-state index contributed by atoms with van der Waals surface area (Å²) in [6.07, 6.45) is 8.40. The second-order valence-electron chi connectivity index (χ2n) is 6.86. The van der Waals surface area contributed by atoms with Gasteiger partial charge in [0.2, 0.25) is 0 Å². The number of unbranched alkanes of at least 4 members (excludes halogenated alkanes) is 1. The third kappa shape index (κ3) is 5.14. The highest BCUT2D eigenvalue weighted by Crippen LogP contribution is 2.36. The molecule has 1 aliphatic carbocycles. The van der Waals surface area contributed by atoms with Crippen molar-refractivity contribution in [2.75, 3.05) is 11.9 Å². The van der Waals surface area contributed by atoms with E-state index in [0.29, 0.717) is 5.75 Å². The Kier molecular flexibility index (Phi) is 7.19. The maximum absolute atomic E-state index is 9.64. The molecular weight excluding hydrogens is 388 g/mol. The lowest BCUT2D eigenvalue weighted by molar-refractivity contribution is 0.310. The van der Waals surface area contributed by atoms with Gasteiger partial charge in [0.15, 0.2) is 0 Å². The molecule has 0 heterocycles. The Morgan fingerprint density at radius 1 is 0.846 bits per heavy atom. The number of hydrogen-bond donors (Lipinski definition) is 1. The first kappa shape index (κ1) is 19.0. The molecule has 1 fully saturated rings. The highest BCUT2D eigenvalue weighted by Gasteiger charge is 2.15. The van der Waals surface area contributed by atoms with Crippen LogP contribution >= 0.6 is 15.9 Å². The number of phenolic OH excluding ortho intramolecular Hbond substituents is 1. The summed E-state index contributed by atoms with van der Waals surface area (Å²) in [4.78, 5) is 0. The SMILES string of the molecule is Oc1ccc(C(=C2CCCCC2)c2ccc(OCCCCBr)cc2)cc1. The molecule has 0 spiro atoms. The Hall–Kier alpha value is -1.74. The summed E-state index contributed by atoms with van der Waals surface area (Å²) in [5.41, 5.74) is 5.29. The summed E-state index contributed by atoms with van der Waals surface area (Å²) in [5, 5.41) is 10.7. The molecule has 138 valence electrons. The van der Waals surface area contributed by atoms with Crippen molar-refractivity contribution in [2.45, 2.75) is 44.9 Å². The van der Waals surface area contributed by atoms with Crippen LogP contribution < -0.4 is 4.74 Å². The molecule has 3 rings (SSSR count). The van der Waals surface area contributed by atoms with Crippen molar-refractivity contribution in [1.29, 1.82) is 0 Å². The predicted octanol–water partition coefficient (Wildman–Crippen LogP) is 6.71. The van der Waals surface area contributed by atoms with Gasteiger partial charge in [0.05, 0.1) is 6.61 Å². The average Bonchev–Trinajstić information content (AvgIpc) is 2.69. The summed E-state index contributed by atoms with van der Waals surface area (Å²) < 4.78 is 5.84. The van der Waals surface area contributed by atoms with Gasteiger partial charge in [-0.25, -0.2) is 0 Å². The largest absolute Gasteiger partial charge is 0.508 e. The van der Waals surface area contributed by atoms with Crippen molar-refractivity contribution in [3.8, 4) is 11.5 Å². The second kappa shape index (κ2) is 9.82. The number of alkyl halides is 1. The normalized spacial score (nSPS) is 14.3. The molecule has 0 saturated heterocycles. The molecule has 1 aliphatic rings. The van der Waals surface area contributed by atoms with Crippen LogP contribution in [-0.4, -0.2) is 17.0 Å². The van der Waals surface area contributed by atoms with E-state index in [4.69, 9.17) is 4.74 Å². The molecule has 1 saturated carbocycles. The van der Waals surface area contributed by atoms with Gasteiger partial charge in [0.25, 0.3) is 0 Å². The maximum Gasteiger partial charge on any atom is 0.119 e. The van der Waals surface area contributed by atoms with Gasteiger partial charge in [-0.1, -0.05) is 52.2 Å². The summed E-state index contributed by atoms with van der Waals surface area (Å²) in [6.45, 7) is 0.761. The molecule has 0 atom stereocenters. The van der Waals surface area contributed by atoms with E-state index < -0.39 is 0 Å². The number of allylic oxidation sites excluding steroid dienone is 1. The van der Waals surface area contributed by atoms with Crippen LogP contribution in [0.4, 0.5) is 0 Å². The van der Waals surface area contributed by atoms with Crippen LogP contribution in [0.15, 0.2) is 54.1 Å².